The van der Waals surface area contributed by atoms with E-state index in [1.807, 2.05) is 24.1 Å². The van der Waals surface area contributed by atoms with Gasteiger partial charge in [0.1, 0.15) is 6.10 Å². The van der Waals surface area contributed by atoms with Gasteiger partial charge in [-0.25, -0.2) is 4.99 Å². The van der Waals surface area contributed by atoms with Crippen molar-refractivity contribution >= 4 is 29.9 Å². The van der Waals surface area contributed by atoms with E-state index < -0.39 is 0 Å². The van der Waals surface area contributed by atoms with Gasteiger partial charge in [-0.1, -0.05) is 37.1 Å². The van der Waals surface area contributed by atoms with Crippen LogP contribution in [-0.2, 0) is 24.9 Å². The number of hydrogen-bond acceptors (Lipinski definition) is 4. The zero-order valence-corrected chi connectivity index (χ0v) is 22.4. The van der Waals surface area contributed by atoms with E-state index in [9.17, 15) is 0 Å². The second kappa shape index (κ2) is 13.3. The van der Waals surface area contributed by atoms with Crippen LogP contribution in [0.5, 0.6) is 0 Å². The smallest absolute Gasteiger partial charge is 0.194 e. The van der Waals surface area contributed by atoms with Gasteiger partial charge in [-0.3, -0.25) is 9.58 Å². The molecule has 2 aliphatic rings. The highest BCUT2D eigenvalue weighted by Gasteiger charge is 2.25. The predicted molar refractivity (Wildman–Crippen MR) is 144 cm³/mol. The number of hydrogen-bond donors (Lipinski definition) is 1. The van der Waals surface area contributed by atoms with Gasteiger partial charge in [0.2, 0.25) is 0 Å². The maximum Gasteiger partial charge on any atom is 0.194 e. The molecule has 1 N–H and O–H groups in total. The number of aromatic nitrogens is 2. The Labute approximate surface area is 215 Å². The van der Waals surface area contributed by atoms with E-state index in [-0.39, 0.29) is 30.1 Å². The summed E-state index contributed by atoms with van der Waals surface area (Å²) >= 11 is 0. The van der Waals surface area contributed by atoms with E-state index in [0.717, 1.165) is 37.7 Å². The number of nitrogens with zero attached hydrogens (tertiary/aromatic N) is 5. The largest absolute Gasteiger partial charge is 0.370 e. The lowest BCUT2D eigenvalue weighted by Crippen LogP contribution is -2.48. The van der Waals surface area contributed by atoms with Crippen LogP contribution in [0.25, 0.3) is 0 Å². The average molecular weight is 567 g/mol. The first-order valence-electron chi connectivity index (χ1n) is 12.1. The second-order valence-corrected chi connectivity index (χ2v) is 8.93. The molecule has 0 spiro atoms. The molecule has 7 nitrogen and oxygen atoms in total. The molecule has 2 saturated heterocycles. The number of benzene rings is 1. The lowest BCUT2D eigenvalue weighted by Gasteiger charge is -2.34. The van der Waals surface area contributed by atoms with E-state index in [1.165, 1.54) is 49.9 Å². The van der Waals surface area contributed by atoms with Crippen molar-refractivity contribution in [3.63, 3.8) is 0 Å². The van der Waals surface area contributed by atoms with Crippen molar-refractivity contribution in [2.45, 2.75) is 51.8 Å². The number of guanidine groups is 1. The monoisotopic (exact) mass is 566 g/mol. The van der Waals surface area contributed by atoms with Crippen molar-refractivity contribution in [3.05, 3.63) is 53.3 Å². The Hall–Kier alpha value is -1.65. The summed E-state index contributed by atoms with van der Waals surface area (Å²) in [6, 6.07) is 8.95. The van der Waals surface area contributed by atoms with Crippen LogP contribution in [-0.4, -0.2) is 64.9 Å². The molecule has 1 aromatic heterocycles. The summed E-state index contributed by atoms with van der Waals surface area (Å²) in [7, 11) is 1.94. The molecule has 8 heteroatoms. The quantitative estimate of drug-likeness (QED) is 0.326. The molecule has 0 saturated carbocycles. The molecule has 2 aromatic rings. The molecule has 1 atom stereocenters. The minimum Gasteiger partial charge on any atom is -0.370 e. The first-order valence-corrected chi connectivity index (χ1v) is 12.1. The van der Waals surface area contributed by atoms with Gasteiger partial charge < -0.3 is 15.0 Å². The molecule has 1 unspecified atom stereocenters. The lowest BCUT2D eigenvalue weighted by molar-refractivity contribution is -0.00805. The fraction of sp³-hybridized carbons (Fsp3) is 0.600. The van der Waals surface area contributed by atoms with Gasteiger partial charge in [0.05, 0.1) is 25.9 Å². The Morgan fingerprint density at radius 2 is 1.94 bits per heavy atom. The standard InChI is InChI=1S/C25H38N6O.HI/c1-3-26-25(31-13-14-32-24(20-31)23-17-28-29(2)19-23)27-16-21-9-8-10-22(15-21)18-30-11-6-4-5-7-12-30;/h8-10,15,17,19,24H,3-7,11-14,16,18,20H2,1-2H3,(H,26,27);1H. The minimum absolute atomic E-state index is 0. The molecule has 33 heavy (non-hydrogen) atoms. The van der Waals surface area contributed by atoms with E-state index in [0.29, 0.717) is 13.2 Å². The number of nitrogens with one attached hydrogen (secondary N) is 1. The number of aliphatic imine (C=N–C) groups is 1. The molecule has 0 aliphatic carbocycles. The normalized spacial score (nSPS) is 20.2. The van der Waals surface area contributed by atoms with Crippen molar-refractivity contribution in [2.24, 2.45) is 12.0 Å². The number of likely N-dealkylation sites (tertiary alicyclic amines) is 1. The third kappa shape index (κ3) is 7.68. The highest BCUT2D eigenvalue weighted by atomic mass is 127. The maximum atomic E-state index is 6.01. The van der Waals surface area contributed by atoms with Gasteiger partial charge in [-0.2, -0.15) is 5.10 Å². The number of aryl methyl sites for hydroxylation is 1. The molecule has 4 rings (SSSR count). The third-order valence-electron chi connectivity index (χ3n) is 6.31. The minimum atomic E-state index is 0. The highest BCUT2D eigenvalue weighted by molar-refractivity contribution is 14.0. The number of ether oxygens (including phenoxy) is 1. The van der Waals surface area contributed by atoms with Crippen LogP contribution in [0.4, 0.5) is 0 Å². The van der Waals surface area contributed by atoms with Crippen LogP contribution in [0.1, 0.15) is 55.4 Å². The summed E-state index contributed by atoms with van der Waals surface area (Å²) in [5.74, 6) is 0.961. The van der Waals surface area contributed by atoms with E-state index in [1.54, 1.807) is 0 Å². The summed E-state index contributed by atoms with van der Waals surface area (Å²) in [5.41, 5.74) is 3.78. The van der Waals surface area contributed by atoms with E-state index >= 15 is 0 Å². The SMILES string of the molecule is CCNC(=NCc1cccc(CN2CCCCCC2)c1)N1CCOC(c2cnn(C)c2)C1.I. The Morgan fingerprint density at radius 3 is 2.67 bits per heavy atom. The zero-order valence-electron chi connectivity index (χ0n) is 20.1. The summed E-state index contributed by atoms with van der Waals surface area (Å²) in [4.78, 5) is 9.90. The van der Waals surface area contributed by atoms with Crippen LogP contribution >= 0.6 is 24.0 Å². The van der Waals surface area contributed by atoms with Gasteiger partial charge in [-0.15, -0.1) is 24.0 Å². The van der Waals surface area contributed by atoms with Crippen molar-refractivity contribution in [2.75, 3.05) is 39.3 Å². The summed E-state index contributed by atoms with van der Waals surface area (Å²) in [5, 5.41) is 7.78. The molecule has 0 amide bonds. The number of rotatable bonds is 6. The van der Waals surface area contributed by atoms with Crippen LogP contribution in [0.3, 0.4) is 0 Å². The van der Waals surface area contributed by atoms with Gasteiger partial charge >= 0.3 is 0 Å². The molecule has 1 aromatic carbocycles. The number of halogens is 1. The second-order valence-electron chi connectivity index (χ2n) is 8.93. The van der Waals surface area contributed by atoms with E-state index in [4.69, 9.17) is 9.73 Å². The highest BCUT2D eigenvalue weighted by Crippen LogP contribution is 2.22. The Bertz CT molecular complexity index is 877. The summed E-state index contributed by atoms with van der Waals surface area (Å²) in [6.45, 7) is 9.47. The molecule has 2 aliphatic heterocycles. The van der Waals surface area contributed by atoms with E-state index in [2.05, 4.69) is 51.4 Å². The molecule has 3 heterocycles. The van der Waals surface area contributed by atoms with Crippen molar-refractivity contribution < 1.29 is 4.74 Å². The molecule has 0 radical (unpaired) electrons. The maximum absolute atomic E-state index is 6.01. The van der Waals surface area contributed by atoms with Crippen LogP contribution in [0, 0.1) is 0 Å². The van der Waals surface area contributed by atoms with Gasteiger partial charge in [0, 0.05) is 38.4 Å². The van der Waals surface area contributed by atoms with Crippen molar-refractivity contribution in [1.82, 2.24) is 24.9 Å². The molecular formula is C25H39IN6O. The molecular weight excluding hydrogens is 527 g/mol. The Balaban J connectivity index is 0.00000306. The van der Waals surface area contributed by atoms with Crippen LogP contribution in [0.15, 0.2) is 41.7 Å². The number of morpholine rings is 1. The summed E-state index contributed by atoms with van der Waals surface area (Å²) < 4.78 is 7.84. The van der Waals surface area contributed by atoms with Crippen LogP contribution < -0.4 is 5.32 Å². The fourth-order valence-corrected chi connectivity index (χ4v) is 4.62. The van der Waals surface area contributed by atoms with Gasteiger partial charge in [0.25, 0.3) is 0 Å². The average Bonchev–Trinajstić information content (AvgIpc) is 3.09. The van der Waals surface area contributed by atoms with Gasteiger partial charge in [-0.05, 0) is 44.0 Å². The molecule has 0 bridgehead atoms. The lowest BCUT2D eigenvalue weighted by atomic mass is 10.1. The topological polar surface area (TPSA) is 57.9 Å². The first-order chi connectivity index (χ1) is 15.7. The fourth-order valence-electron chi connectivity index (χ4n) is 4.62. The Kier molecular flexibility index (Phi) is 10.5. The first kappa shape index (κ1) is 26.0. The van der Waals surface area contributed by atoms with Crippen molar-refractivity contribution in [3.8, 4) is 0 Å². The summed E-state index contributed by atoms with van der Waals surface area (Å²) in [6.07, 6.45) is 9.37. The zero-order chi connectivity index (χ0) is 22.2. The van der Waals surface area contributed by atoms with Crippen molar-refractivity contribution in [1.29, 1.82) is 0 Å². The molecule has 182 valence electrons. The predicted octanol–water partition coefficient (Wildman–Crippen LogP) is 3.95. The molecule has 2 fully saturated rings. The third-order valence-corrected chi connectivity index (χ3v) is 6.31. The van der Waals surface area contributed by atoms with Gasteiger partial charge in [0.15, 0.2) is 5.96 Å². The van der Waals surface area contributed by atoms with Crippen LogP contribution in [0.2, 0.25) is 0 Å². The Morgan fingerprint density at radius 1 is 1.15 bits per heavy atom.